The summed E-state index contributed by atoms with van der Waals surface area (Å²) in [6.07, 6.45) is -3.07. The second-order valence-electron chi connectivity index (χ2n) is 6.52. The molecule has 0 bridgehead atoms. The van der Waals surface area contributed by atoms with Crippen LogP contribution in [-0.2, 0) is 11.0 Å². The Bertz CT molecular complexity index is 871. The van der Waals surface area contributed by atoms with Crippen molar-refractivity contribution < 1.29 is 27.9 Å². The Morgan fingerprint density at radius 3 is 2.46 bits per heavy atom. The maximum absolute atomic E-state index is 12.7. The lowest BCUT2D eigenvalue weighted by molar-refractivity contribution is -0.143. The molecular weight excluding hydrogens is 379 g/mol. The Morgan fingerprint density at radius 2 is 1.93 bits per heavy atom. The van der Waals surface area contributed by atoms with Crippen LogP contribution in [0.3, 0.4) is 0 Å². The molecular formula is C17H18F3N5O3. The number of piperidine rings is 1. The van der Waals surface area contributed by atoms with Gasteiger partial charge in [0.25, 0.3) is 0 Å². The van der Waals surface area contributed by atoms with Gasteiger partial charge >= 0.3 is 18.2 Å². The van der Waals surface area contributed by atoms with Gasteiger partial charge in [0.15, 0.2) is 5.82 Å². The summed E-state index contributed by atoms with van der Waals surface area (Å²) >= 11 is 0. The van der Waals surface area contributed by atoms with Crippen LogP contribution in [-0.4, -0.2) is 49.9 Å². The molecule has 0 aliphatic carbocycles. The van der Waals surface area contributed by atoms with E-state index in [0.29, 0.717) is 37.8 Å². The number of halogens is 3. The largest absolute Gasteiger partial charge is 0.481 e. The van der Waals surface area contributed by atoms with Crippen LogP contribution in [0.25, 0.3) is 5.82 Å². The van der Waals surface area contributed by atoms with Gasteiger partial charge in [-0.1, -0.05) is 0 Å². The zero-order valence-electron chi connectivity index (χ0n) is 14.9. The third-order valence-electron chi connectivity index (χ3n) is 4.49. The van der Waals surface area contributed by atoms with E-state index in [1.165, 1.54) is 15.6 Å². The number of carboxylic acids is 1. The molecule has 0 atom stereocenters. The maximum Gasteiger partial charge on any atom is 0.417 e. The quantitative estimate of drug-likeness (QED) is 0.830. The minimum atomic E-state index is -4.50. The Kier molecular flexibility index (Phi) is 5.25. The summed E-state index contributed by atoms with van der Waals surface area (Å²) < 4.78 is 39.3. The summed E-state index contributed by atoms with van der Waals surface area (Å²) in [6.45, 7) is 2.28. The summed E-state index contributed by atoms with van der Waals surface area (Å²) in [5, 5.41) is 15.9. The number of aromatic nitrogens is 3. The number of aryl methyl sites for hydroxylation is 1. The van der Waals surface area contributed by atoms with Crippen LogP contribution >= 0.6 is 0 Å². The molecule has 0 aromatic carbocycles. The molecule has 8 nitrogen and oxygen atoms in total. The molecule has 2 aromatic rings. The first-order valence-corrected chi connectivity index (χ1v) is 8.54. The molecule has 1 saturated heterocycles. The van der Waals surface area contributed by atoms with E-state index in [1.54, 1.807) is 13.0 Å². The summed E-state index contributed by atoms with van der Waals surface area (Å²) in [5.41, 5.74) is -0.339. The zero-order valence-corrected chi connectivity index (χ0v) is 14.9. The van der Waals surface area contributed by atoms with Crippen molar-refractivity contribution in [2.24, 2.45) is 5.92 Å². The van der Waals surface area contributed by atoms with Crippen molar-refractivity contribution in [2.45, 2.75) is 25.9 Å². The molecule has 0 unspecified atom stereocenters. The van der Waals surface area contributed by atoms with E-state index in [1.807, 2.05) is 0 Å². The van der Waals surface area contributed by atoms with Gasteiger partial charge in [-0.15, -0.1) is 0 Å². The number of rotatable bonds is 3. The number of pyridine rings is 1. The topological polar surface area (TPSA) is 100 Å². The molecule has 2 amide bonds. The number of nitrogens with zero attached hydrogens (tertiary/aromatic N) is 4. The van der Waals surface area contributed by atoms with E-state index >= 15 is 0 Å². The van der Waals surface area contributed by atoms with E-state index in [-0.39, 0.29) is 11.6 Å². The molecule has 2 N–H and O–H groups in total. The molecule has 0 spiro atoms. The molecule has 150 valence electrons. The first kappa shape index (κ1) is 19.6. The van der Waals surface area contributed by atoms with Gasteiger partial charge < -0.3 is 10.0 Å². The number of carbonyl (C=O) groups excluding carboxylic acids is 1. The van der Waals surface area contributed by atoms with E-state index in [2.05, 4.69) is 15.4 Å². The fraction of sp³-hybridized carbons (Fsp3) is 0.412. The van der Waals surface area contributed by atoms with Gasteiger partial charge in [-0.3, -0.25) is 10.1 Å². The molecule has 1 aliphatic heterocycles. The minimum Gasteiger partial charge on any atom is -0.481 e. The number of nitrogens with one attached hydrogen (secondary N) is 1. The Hall–Kier alpha value is -3.11. The van der Waals surface area contributed by atoms with Crippen LogP contribution < -0.4 is 5.32 Å². The first-order valence-electron chi connectivity index (χ1n) is 8.54. The number of hydrogen-bond acceptors (Lipinski definition) is 4. The third-order valence-corrected chi connectivity index (χ3v) is 4.49. The number of hydrogen-bond donors (Lipinski definition) is 2. The number of carboxylic acid groups (broad SMARTS) is 1. The fourth-order valence-electron chi connectivity index (χ4n) is 2.96. The molecule has 3 rings (SSSR count). The molecule has 11 heteroatoms. The van der Waals surface area contributed by atoms with Crippen molar-refractivity contribution in [2.75, 3.05) is 18.4 Å². The van der Waals surface area contributed by atoms with Gasteiger partial charge in [-0.2, -0.15) is 23.0 Å². The summed E-state index contributed by atoms with van der Waals surface area (Å²) in [5.74, 6) is -0.952. The number of likely N-dealkylation sites (tertiary alicyclic amines) is 1. The number of amides is 2. The van der Waals surface area contributed by atoms with Crippen molar-refractivity contribution >= 4 is 17.8 Å². The van der Waals surface area contributed by atoms with Crippen LogP contribution in [0.2, 0.25) is 0 Å². The fourth-order valence-corrected chi connectivity index (χ4v) is 2.96. The van der Waals surface area contributed by atoms with Gasteiger partial charge in [0.1, 0.15) is 5.82 Å². The first-order chi connectivity index (χ1) is 13.1. The Morgan fingerprint density at radius 1 is 1.25 bits per heavy atom. The second kappa shape index (κ2) is 7.49. The Balaban J connectivity index is 1.74. The second-order valence-corrected chi connectivity index (χ2v) is 6.52. The highest BCUT2D eigenvalue weighted by Crippen LogP contribution is 2.29. The van der Waals surface area contributed by atoms with Gasteiger partial charge in [-0.05, 0) is 31.9 Å². The summed E-state index contributed by atoms with van der Waals surface area (Å²) in [6, 6.07) is 3.20. The van der Waals surface area contributed by atoms with Crippen LogP contribution in [0.15, 0.2) is 24.4 Å². The predicted octanol–water partition coefficient (Wildman–Crippen LogP) is 2.92. The molecule has 28 heavy (non-hydrogen) atoms. The molecule has 3 heterocycles. The smallest absolute Gasteiger partial charge is 0.417 e. The van der Waals surface area contributed by atoms with E-state index in [4.69, 9.17) is 5.11 Å². The average Bonchev–Trinajstić information content (AvgIpc) is 3.01. The maximum atomic E-state index is 12.7. The highest BCUT2D eigenvalue weighted by atomic mass is 19.4. The van der Waals surface area contributed by atoms with Crippen molar-refractivity contribution in [1.29, 1.82) is 0 Å². The predicted molar refractivity (Wildman–Crippen MR) is 92.0 cm³/mol. The van der Waals surface area contributed by atoms with E-state index < -0.39 is 29.7 Å². The zero-order chi connectivity index (χ0) is 20.5. The van der Waals surface area contributed by atoms with Crippen molar-refractivity contribution in [1.82, 2.24) is 19.7 Å². The van der Waals surface area contributed by atoms with Gasteiger partial charge in [0, 0.05) is 25.4 Å². The number of carbonyl (C=O) groups is 2. The molecule has 0 saturated carbocycles. The number of alkyl halides is 3. The number of aliphatic carboxylic acids is 1. The molecule has 0 radical (unpaired) electrons. The van der Waals surface area contributed by atoms with Crippen LogP contribution in [0.4, 0.5) is 23.8 Å². The normalized spacial score (nSPS) is 15.5. The van der Waals surface area contributed by atoms with Gasteiger partial charge in [0.2, 0.25) is 0 Å². The van der Waals surface area contributed by atoms with Crippen LogP contribution in [0, 0.1) is 12.8 Å². The number of urea groups is 1. The average molecular weight is 397 g/mol. The van der Waals surface area contributed by atoms with Gasteiger partial charge in [0.05, 0.1) is 17.2 Å². The lowest BCUT2D eigenvalue weighted by atomic mass is 9.97. The minimum absolute atomic E-state index is 0.126. The Labute approximate surface area is 158 Å². The van der Waals surface area contributed by atoms with E-state index in [0.717, 1.165) is 6.07 Å². The highest BCUT2D eigenvalue weighted by molar-refractivity contribution is 5.89. The van der Waals surface area contributed by atoms with Crippen LogP contribution in [0.1, 0.15) is 24.1 Å². The van der Waals surface area contributed by atoms with Crippen molar-refractivity contribution in [3.8, 4) is 5.82 Å². The SMILES string of the molecule is Cc1cc(NC(=O)N2CCC(C(=O)O)CC2)n(-c2ccc(C(F)(F)F)cn2)n1. The van der Waals surface area contributed by atoms with Gasteiger partial charge in [-0.25, -0.2) is 9.78 Å². The third kappa shape index (κ3) is 4.24. The molecule has 1 aliphatic rings. The molecule has 1 fully saturated rings. The van der Waals surface area contributed by atoms with Crippen molar-refractivity contribution in [3.05, 3.63) is 35.7 Å². The lowest BCUT2D eigenvalue weighted by Gasteiger charge is -2.30. The lowest BCUT2D eigenvalue weighted by Crippen LogP contribution is -2.42. The highest BCUT2D eigenvalue weighted by Gasteiger charge is 2.31. The van der Waals surface area contributed by atoms with Crippen LogP contribution in [0.5, 0.6) is 0 Å². The number of anilines is 1. The molecule has 2 aromatic heterocycles. The summed E-state index contributed by atoms with van der Waals surface area (Å²) in [4.78, 5) is 28.8. The summed E-state index contributed by atoms with van der Waals surface area (Å²) in [7, 11) is 0. The van der Waals surface area contributed by atoms with Crippen molar-refractivity contribution in [3.63, 3.8) is 0 Å². The standard InChI is InChI=1S/C17H18F3N5O3/c1-10-8-14(22-16(28)24-6-4-11(5-7-24)15(26)27)25(23-10)13-3-2-12(9-21-13)17(18,19)20/h2-3,8-9,11H,4-7H2,1H3,(H,22,28)(H,26,27). The monoisotopic (exact) mass is 397 g/mol. The van der Waals surface area contributed by atoms with E-state index in [9.17, 15) is 22.8 Å².